The molecule has 2 nitrogen and oxygen atoms in total. The van der Waals surface area contributed by atoms with E-state index in [-0.39, 0.29) is 34.2 Å². The van der Waals surface area contributed by atoms with E-state index in [0.717, 1.165) is 11.8 Å². The minimum atomic E-state index is 0. The van der Waals surface area contributed by atoms with E-state index < -0.39 is 0 Å². The molecular formula is C10H24O2Zr. The maximum absolute atomic E-state index is 2.34. The van der Waals surface area contributed by atoms with Gasteiger partial charge in [-0.15, -0.1) is 0 Å². The van der Waals surface area contributed by atoms with Crippen LogP contribution in [0, 0.1) is 11.8 Å². The molecule has 0 spiro atoms. The third kappa shape index (κ3) is 19.3. The first-order valence-corrected chi connectivity index (χ1v) is 8.31. The standard InChI is InChI=1S/2C5H11.2H2O.Zr/c2*1-4-5(2)3;;;/h2*5H,1,4H2,2-3H3;2*1H2;/q;;;;+2/p-2. The molecule has 0 amide bonds. The van der Waals surface area contributed by atoms with Crippen LogP contribution < -0.4 is 0 Å². The molecule has 0 unspecified atom stereocenters. The predicted octanol–water partition coefficient (Wildman–Crippen LogP) is 3.64. The van der Waals surface area contributed by atoms with Crippen LogP contribution in [0.5, 0.6) is 0 Å². The third-order valence-corrected chi connectivity index (χ3v) is 4.95. The second-order valence-electron chi connectivity index (χ2n) is 4.12. The molecule has 0 aromatic rings. The molecule has 0 aromatic carbocycles. The van der Waals surface area contributed by atoms with Gasteiger partial charge in [-0.25, -0.2) is 0 Å². The van der Waals surface area contributed by atoms with Gasteiger partial charge in [-0.3, -0.25) is 0 Å². The minimum Gasteiger partial charge on any atom is -0.870 e. The normalized spacial score (nSPS) is 9.08. The molecule has 0 rings (SSSR count). The van der Waals surface area contributed by atoms with Crippen molar-refractivity contribution in [1.29, 1.82) is 0 Å². The van der Waals surface area contributed by atoms with Crippen LogP contribution in [-0.2, 0) is 23.2 Å². The monoisotopic (exact) mass is 266 g/mol. The Morgan fingerprint density at radius 1 is 0.769 bits per heavy atom. The SMILES string of the molecule is CC(C)C[CH2][Zr+2][CH2]CC(C)C.[OH-].[OH-]. The van der Waals surface area contributed by atoms with Crippen LogP contribution in [0.1, 0.15) is 40.5 Å². The van der Waals surface area contributed by atoms with Gasteiger partial charge in [0, 0.05) is 0 Å². The number of hydrogen-bond donors (Lipinski definition) is 0. The van der Waals surface area contributed by atoms with Gasteiger partial charge in [-0.1, -0.05) is 0 Å². The fourth-order valence-corrected chi connectivity index (χ4v) is 5.36. The fourth-order valence-electron chi connectivity index (χ4n) is 0.906. The summed E-state index contributed by atoms with van der Waals surface area (Å²) in [6.07, 6.45) is 2.98. The molecule has 0 heterocycles. The van der Waals surface area contributed by atoms with Crippen molar-refractivity contribution in [3.63, 3.8) is 0 Å². The number of rotatable bonds is 6. The summed E-state index contributed by atoms with van der Waals surface area (Å²) in [6.45, 7) is 9.34. The summed E-state index contributed by atoms with van der Waals surface area (Å²) >= 11 is 0.0759. The Balaban J connectivity index is -0.000000500. The van der Waals surface area contributed by atoms with Crippen molar-refractivity contribution in [1.82, 2.24) is 0 Å². The summed E-state index contributed by atoms with van der Waals surface area (Å²) in [5, 5.41) is 0. The topological polar surface area (TPSA) is 60.0 Å². The Bertz CT molecular complexity index is 75.0. The molecule has 0 bridgehead atoms. The molecule has 3 heteroatoms. The van der Waals surface area contributed by atoms with Crippen molar-refractivity contribution in [3.8, 4) is 0 Å². The fraction of sp³-hybridized carbons (Fsp3) is 1.00. The molecule has 80 valence electrons. The first kappa shape index (κ1) is 19.4. The Labute approximate surface area is 94.7 Å². The van der Waals surface area contributed by atoms with Crippen LogP contribution in [0.3, 0.4) is 0 Å². The maximum atomic E-state index is 2.34. The van der Waals surface area contributed by atoms with E-state index in [2.05, 4.69) is 27.7 Å². The van der Waals surface area contributed by atoms with Crippen LogP contribution in [0.25, 0.3) is 0 Å². The predicted molar refractivity (Wildman–Crippen MR) is 52.4 cm³/mol. The summed E-state index contributed by atoms with van der Waals surface area (Å²) in [5.74, 6) is 1.88. The average Bonchev–Trinajstić information content (AvgIpc) is 1.85. The zero-order valence-corrected chi connectivity index (χ0v) is 11.8. The van der Waals surface area contributed by atoms with Crippen molar-refractivity contribution in [2.24, 2.45) is 11.8 Å². The maximum Gasteiger partial charge on any atom is -0.870 e. The van der Waals surface area contributed by atoms with Gasteiger partial charge in [0.1, 0.15) is 0 Å². The zero-order chi connectivity index (χ0) is 8.69. The molecule has 13 heavy (non-hydrogen) atoms. The smallest absolute Gasteiger partial charge is 0.870 e. The Morgan fingerprint density at radius 3 is 1.31 bits per heavy atom. The van der Waals surface area contributed by atoms with Crippen molar-refractivity contribution in [2.45, 2.75) is 48.8 Å². The molecular weight excluding hydrogens is 243 g/mol. The molecule has 0 aromatic heterocycles. The summed E-state index contributed by atoms with van der Waals surface area (Å²) in [5.41, 5.74) is 0. The quantitative estimate of drug-likeness (QED) is 0.690. The summed E-state index contributed by atoms with van der Waals surface area (Å²) in [4.78, 5) is 0. The minimum absolute atomic E-state index is 0. The van der Waals surface area contributed by atoms with Gasteiger partial charge in [0.05, 0.1) is 0 Å². The molecule has 0 atom stereocenters. The molecule has 0 aliphatic carbocycles. The van der Waals surface area contributed by atoms with Crippen LogP contribution >= 0.6 is 0 Å². The van der Waals surface area contributed by atoms with Gasteiger partial charge < -0.3 is 11.0 Å². The van der Waals surface area contributed by atoms with Crippen molar-refractivity contribution >= 4 is 0 Å². The first-order chi connectivity index (χ1) is 5.13. The van der Waals surface area contributed by atoms with Gasteiger partial charge in [0.15, 0.2) is 0 Å². The molecule has 0 saturated heterocycles. The van der Waals surface area contributed by atoms with E-state index in [0.29, 0.717) is 0 Å². The summed E-state index contributed by atoms with van der Waals surface area (Å²) in [7, 11) is 0. The van der Waals surface area contributed by atoms with Crippen molar-refractivity contribution in [2.75, 3.05) is 0 Å². The molecule has 0 saturated carbocycles. The Kier molecular flexibility index (Phi) is 19.1. The molecule has 0 radical (unpaired) electrons. The third-order valence-electron chi connectivity index (χ3n) is 1.80. The first-order valence-electron chi connectivity index (χ1n) is 4.83. The zero-order valence-electron chi connectivity index (χ0n) is 9.38. The van der Waals surface area contributed by atoms with Crippen LogP contribution in [0.15, 0.2) is 0 Å². The van der Waals surface area contributed by atoms with E-state index in [1.165, 1.54) is 12.8 Å². The van der Waals surface area contributed by atoms with Crippen molar-refractivity contribution < 1.29 is 34.2 Å². The molecule has 0 aliphatic heterocycles. The van der Waals surface area contributed by atoms with Crippen molar-refractivity contribution in [3.05, 3.63) is 0 Å². The van der Waals surface area contributed by atoms with E-state index in [1.54, 1.807) is 8.26 Å². The summed E-state index contributed by atoms with van der Waals surface area (Å²) < 4.78 is 3.21. The van der Waals surface area contributed by atoms with Crippen LogP contribution in [-0.4, -0.2) is 11.0 Å². The second kappa shape index (κ2) is 12.8. The summed E-state index contributed by atoms with van der Waals surface area (Å²) in [6, 6.07) is 0. The van der Waals surface area contributed by atoms with Gasteiger partial charge >= 0.3 is 83.9 Å². The van der Waals surface area contributed by atoms with Gasteiger partial charge in [-0.2, -0.15) is 0 Å². The van der Waals surface area contributed by atoms with Gasteiger partial charge in [-0.05, 0) is 0 Å². The Hall–Kier alpha value is 0.803. The van der Waals surface area contributed by atoms with Gasteiger partial charge in [0.2, 0.25) is 0 Å². The number of hydrogen-bond acceptors (Lipinski definition) is 2. The molecule has 0 fully saturated rings. The largest absolute Gasteiger partial charge is 0.870 e. The average molecular weight is 268 g/mol. The van der Waals surface area contributed by atoms with E-state index in [9.17, 15) is 0 Å². The van der Waals surface area contributed by atoms with Gasteiger partial charge in [0.25, 0.3) is 0 Å². The Morgan fingerprint density at radius 2 is 1.08 bits per heavy atom. The van der Waals surface area contributed by atoms with E-state index >= 15 is 0 Å². The molecule has 2 N–H and O–H groups in total. The van der Waals surface area contributed by atoms with Crippen LogP contribution in [0.4, 0.5) is 0 Å². The van der Waals surface area contributed by atoms with E-state index in [4.69, 9.17) is 0 Å². The molecule has 0 aliphatic rings. The van der Waals surface area contributed by atoms with E-state index in [1.807, 2.05) is 0 Å². The van der Waals surface area contributed by atoms with Crippen LogP contribution in [0.2, 0.25) is 8.26 Å². The second-order valence-corrected chi connectivity index (χ2v) is 7.80.